The first-order valence-corrected chi connectivity index (χ1v) is 6.79. The van der Waals surface area contributed by atoms with E-state index in [-0.39, 0.29) is 12.1 Å². The van der Waals surface area contributed by atoms with Crippen molar-refractivity contribution in [1.82, 2.24) is 10.7 Å². The van der Waals surface area contributed by atoms with Gasteiger partial charge in [0.15, 0.2) is 0 Å². The Hall–Kier alpha value is -2.37. The van der Waals surface area contributed by atoms with E-state index in [0.29, 0.717) is 0 Å². The van der Waals surface area contributed by atoms with Crippen molar-refractivity contribution in [3.05, 3.63) is 29.8 Å². The molecule has 2 amide bonds. The average Bonchev–Trinajstić information content (AvgIpc) is 2.39. The van der Waals surface area contributed by atoms with Gasteiger partial charge in [-0.2, -0.15) is 5.10 Å². The highest BCUT2D eigenvalue weighted by molar-refractivity contribution is 6.35. The van der Waals surface area contributed by atoms with Gasteiger partial charge >= 0.3 is 11.8 Å². The van der Waals surface area contributed by atoms with E-state index >= 15 is 0 Å². The molecular formula is C15H21N3O3. The van der Waals surface area contributed by atoms with Crippen LogP contribution in [0.4, 0.5) is 0 Å². The first-order valence-electron chi connectivity index (χ1n) is 6.79. The molecule has 0 saturated heterocycles. The molecule has 0 atom stereocenters. The molecule has 1 aromatic rings. The van der Waals surface area contributed by atoms with Gasteiger partial charge in [-0.25, -0.2) is 5.43 Å². The molecule has 0 spiro atoms. The van der Waals surface area contributed by atoms with Crippen LogP contribution in [-0.2, 0) is 9.59 Å². The molecule has 1 rings (SSSR count). The SMILES string of the molecule is CC(C)NC(=O)C(=O)N/N=C/c1ccc(OC(C)C)cc1. The number of hydrazone groups is 1. The minimum atomic E-state index is -0.792. The summed E-state index contributed by atoms with van der Waals surface area (Å²) < 4.78 is 5.51. The molecule has 2 N–H and O–H groups in total. The average molecular weight is 291 g/mol. The van der Waals surface area contributed by atoms with Crippen LogP contribution in [0.3, 0.4) is 0 Å². The molecule has 0 heterocycles. The second kappa shape index (κ2) is 8.04. The second-order valence-corrected chi connectivity index (χ2v) is 5.06. The Kier molecular flexibility index (Phi) is 6.39. The van der Waals surface area contributed by atoms with Gasteiger partial charge in [-0.3, -0.25) is 9.59 Å². The molecule has 0 saturated carbocycles. The Labute approximate surface area is 124 Å². The number of ether oxygens (including phenoxy) is 1. The maximum atomic E-state index is 11.4. The zero-order chi connectivity index (χ0) is 15.8. The zero-order valence-electron chi connectivity index (χ0n) is 12.7. The van der Waals surface area contributed by atoms with Crippen LogP contribution in [0, 0.1) is 0 Å². The Bertz CT molecular complexity index is 507. The normalized spacial score (nSPS) is 11.0. The number of rotatable bonds is 5. The van der Waals surface area contributed by atoms with Crippen LogP contribution in [0.2, 0.25) is 0 Å². The number of carbonyl (C=O) groups is 2. The third-order valence-electron chi connectivity index (χ3n) is 2.26. The van der Waals surface area contributed by atoms with Crippen LogP contribution in [0.15, 0.2) is 29.4 Å². The summed E-state index contributed by atoms with van der Waals surface area (Å²) in [5.74, 6) is -0.731. The smallest absolute Gasteiger partial charge is 0.329 e. The Morgan fingerprint density at radius 3 is 2.24 bits per heavy atom. The number of nitrogens with zero attached hydrogens (tertiary/aromatic N) is 1. The minimum absolute atomic E-state index is 0.0965. The van der Waals surface area contributed by atoms with Crippen molar-refractivity contribution in [2.45, 2.75) is 39.8 Å². The van der Waals surface area contributed by atoms with Gasteiger partial charge in [0.2, 0.25) is 0 Å². The highest BCUT2D eigenvalue weighted by Gasteiger charge is 2.12. The molecule has 0 aliphatic heterocycles. The van der Waals surface area contributed by atoms with Gasteiger partial charge in [0.05, 0.1) is 12.3 Å². The van der Waals surface area contributed by atoms with Crippen molar-refractivity contribution in [2.75, 3.05) is 0 Å². The van der Waals surface area contributed by atoms with Crippen LogP contribution < -0.4 is 15.5 Å². The standard InChI is InChI=1S/C15H21N3O3/c1-10(2)17-14(19)15(20)18-16-9-12-5-7-13(8-6-12)21-11(3)4/h5-11H,1-4H3,(H,17,19)(H,18,20)/b16-9+. The lowest BCUT2D eigenvalue weighted by Gasteiger charge is -2.09. The highest BCUT2D eigenvalue weighted by Crippen LogP contribution is 2.12. The van der Waals surface area contributed by atoms with Gasteiger partial charge in [0.1, 0.15) is 5.75 Å². The Morgan fingerprint density at radius 2 is 1.71 bits per heavy atom. The molecule has 0 fully saturated rings. The van der Waals surface area contributed by atoms with Crippen LogP contribution in [0.25, 0.3) is 0 Å². The Morgan fingerprint density at radius 1 is 1.10 bits per heavy atom. The zero-order valence-corrected chi connectivity index (χ0v) is 12.7. The summed E-state index contributed by atoms with van der Waals surface area (Å²) in [7, 11) is 0. The van der Waals surface area contributed by atoms with E-state index in [1.807, 2.05) is 38.1 Å². The molecule has 0 radical (unpaired) electrons. The van der Waals surface area contributed by atoms with E-state index in [0.717, 1.165) is 11.3 Å². The minimum Gasteiger partial charge on any atom is -0.491 e. The number of hydrogen-bond acceptors (Lipinski definition) is 4. The van der Waals surface area contributed by atoms with Crippen LogP contribution in [0.5, 0.6) is 5.75 Å². The van der Waals surface area contributed by atoms with Crippen LogP contribution in [0.1, 0.15) is 33.3 Å². The lowest BCUT2D eigenvalue weighted by atomic mass is 10.2. The van der Waals surface area contributed by atoms with Gasteiger partial charge in [-0.05, 0) is 57.5 Å². The van der Waals surface area contributed by atoms with Crippen molar-refractivity contribution in [3.8, 4) is 5.75 Å². The summed E-state index contributed by atoms with van der Waals surface area (Å²) in [6.07, 6.45) is 1.57. The van der Waals surface area contributed by atoms with Gasteiger partial charge in [-0.15, -0.1) is 0 Å². The highest BCUT2D eigenvalue weighted by atomic mass is 16.5. The largest absolute Gasteiger partial charge is 0.491 e. The molecule has 0 bridgehead atoms. The monoisotopic (exact) mass is 291 g/mol. The number of carbonyl (C=O) groups excluding carboxylic acids is 2. The van der Waals surface area contributed by atoms with E-state index in [9.17, 15) is 9.59 Å². The van der Waals surface area contributed by atoms with E-state index in [2.05, 4.69) is 15.8 Å². The van der Waals surface area contributed by atoms with E-state index < -0.39 is 11.8 Å². The van der Waals surface area contributed by atoms with Gasteiger partial charge in [-0.1, -0.05) is 0 Å². The second-order valence-electron chi connectivity index (χ2n) is 5.06. The summed E-state index contributed by atoms with van der Waals surface area (Å²) in [6.45, 7) is 7.45. The predicted octanol–water partition coefficient (Wildman–Crippen LogP) is 1.45. The first-order chi connectivity index (χ1) is 9.88. The van der Waals surface area contributed by atoms with E-state index in [1.165, 1.54) is 6.21 Å². The summed E-state index contributed by atoms with van der Waals surface area (Å²) >= 11 is 0. The predicted molar refractivity (Wildman–Crippen MR) is 81.2 cm³/mol. The number of hydrogen-bond donors (Lipinski definition) is 2. The van der Waals surface area contributed by atoms with Gasteiger partial charge < -0.3 is 10.1 Å². The summed E-state index contributed by atoms with van der Waals surface area (Å²) in [5, 5.41) is 6.21. The van der Waals surface area contributed by atoms with Crippen molar-refractivity contribution in [2.24, 2.45) is 5.10 Å². The number of amides is 2. The Balaban J connectivity index is 2.49. The van der Waals surface area contributed by atoms with Crippen molar-refractivity contribution < 1.29 is 14.3 Å². The summed E-state index contributed by atoms with van der Waals surface area (Å²) in [4.78, 5) is 22.7. The molecule has 6 heteroatoms. The number of benzene rings is 1. The maximum absolute atomic E-state index is 11.4. The molecule has 0 aliphatic rings. The fraction of sp³-hybridized carbons (Fsp3) is 0.400. The fourth-order valence-electron chi connectivity index (χ4n) is 1.45. The molecule has 1 aromatic carbocycles. The third kappa shape index (κ3) is 6.56. The van der Waals surface area contributed by atoms with Crippen LogP contribution in [-0.4, -0.2) is 30.2 Å². The van der Waals surface area contributed by atoms with Gasteiger partial charge in [0.25, 0.3) is 0 Å². The summed E-state index contributed by atoms with van der Waals surface area (Å²) in [6, 6.07) is 7.15. The van der Waals surface area contributed by atoms with E-state index in [4.69, 9.17) is 4.74 Å². The van der Waals surface area contributed by atoms with Gasteiger partial charge in [0, 0.05) is 6.04 Å². The first kappa shape index (κ1) is 16.7. The topological polar surface area (TPSA) is 79.8 Å². The quantitative estimate of drug-likeness (QED) is 0.489. The summed E-state index contributed by atoms with van der Waals surface area (Å²) in [5.41, 5.74) is 2.96. The maximum Gasteiger partial charge on any atom is 0.329 e. The van der Waals surface area contributed by atoms with Crippen molar-refractivity contribution in [1.29, 1.82) is 0 Å². The third-order valence-corrected chi connectivity index (χ3v) is 2.26. The molecule has 21 heavy (non-hydrogen) atoms. The lowest BCUT2D eigenvalue weighted by molar-refractivity contribution is -0.139. The molecular weight excluding hydrogens is 270 g/mol. The van der Waals surface area contributed by atoms with Crippen molar-refractivity contribution >= 4 is 18.0 Å². The van der Waals surface area contributed by atoms with Crippen LogP contribution >= 0.6 is 0 Å². The van der Waals surface area contributed by atoms with Crippen molar-refractivity contribution in [3.63, 3.8) is 0 Å². The molecule has 0 unspecified atom stereocenters. The molecule has 6 nitrogen and oxygen atoms in total. The number of nitrogens with one attached hydrogen (secondary N) is 2. The molecule has 114 valence electrons. The van der Waals surface area contributed by atoms with E-state index in [1.54, 1.807) is 13.8 Å². The molecule has 0 aromatic heterocycles. The fourth-order valence-corrected chi connectivity index (χ4v) is 1.45. The molecule has 0 aliphatic carbocycles. The lowest BCUT2D eigenvalue weighted by Crippen LogP contribution is -2.41.